The van der Waals surface area contributed by atoms with Crippen LogP contribution in [0.1, 0.15) is 82.6 Å². The second-order valence-electron chi connectivity index (χ2n) is 8.05. The molecule has 0 saturated carbocycles. The number of nitrogens with zero attached hydrogens (tertiary/aromatic N) is 2. The first-order chi connectivity index (χ1) is 16.4. The van der Waals surface area contributed by atoms with Gasteiger partial charge in [-0.3, -0.25) is 14.4 Å². The van der Waals surface area contributed by atoms with E-state index in [0.29, 0.717) is 24.7 Å². The molecule has 10 heteroatoms. The second kappa shape index (κ2) is 14.5. The first-order valence-electron chi connectivity index (χ1n) is 12.1. The fraction of sp³-hybridized carbons (Fsp3) is 0.667. The van der Waals surface area contributed by atoms with E-state index >= 15 is 0 Å². The average molecular weight is 481 g/mol. The molecule has 1 aliphatic heterocycles. The van der Waals surface area contributed by atoms with Crippen LogP contribution in [0.25, 0.3) is 0 Å². The van der Waals surface area contributed by atoms with E-state index in [4.69, 9.17) is 19.0 Å². The molecule has 0 spiro atoms. The number of aromatic nitrogens is 1. The van der Waals surface area contributed by atoms with E-state index in [2.05, 4.69) is 0 Å². The number of pyridine rings is 1. The molecule has 0 atom stereocenters. The van der Waals surface area contributed by atoms with Crippen LogP contribution in [0.2, 0.25) is 0 Å². The zero-order chi connectivity index (χ0) is 24.9. The van der Waals surface area contributed by atoms with E-state index in [1.54, 1.807) is 0 Å². The van der Waals surface area contributed by atoms with Gasteiger partial charge < -0.3 is 23.6 Å². The van der Waals surface area contributed by atoms with Crippen LogP contribution in [0.15, 0.2) is 17.1 Å². The molecule has 1 aromatic rings. The summed E-state index contributed by atoms with van der Waals surface area (Å²) in [6, 6.07) is 1.29. The highest BCUT2D eigenvalue weighted by molar-refractivity contribution is 6.02. The van der Waals surface area contributed by atoms with Crippen LogP contribution in [0.4, 0.5) is 0 Å². The van der Waals surface area contributed by atoms with E-state index < -0.39 is 29.5 Å². The maximum atomic E-state index is 13.1. The third kappa shape index (κ3) is 7.95. The monoisotopic (exact) mass is 480 g/mol. The molecule has 0 bridgehead atoms. The predicted octanol–water partition coefficient (Wildman–Crippen LogP) is 3.21. The van der Waals surface area contributed by atoms with E-state index in [1.807, 2.05) is 20.8 Å². The summed E-state index contributed by atoms with van der Waals surface area (Å²) in [6.07, 6.45) is 5.77. The lowest BCUT2D eigenvalue weighted by molar-refractivity contribution is -0.173. The van der Waals surface area contributed by atoms with Crippen LogP contribution in [0.5, 0.6) is 5.75 Å². The molecule has 1 aliphatic rings. The zero-order valence-corrected chi connectivity index (χ0v) is 20.4. The van der Waals surface area contributed by atoms with Crippen molar-refractivity contribution in [1.82, 2.24) is 9.63 Å². The third-order valence-corrected chi connectivity index (χ3v) is 5.20. The van der Waals surface area contributed by atoms with Gasteiger partial charge in [0, 0.05) is 38.3 Å². The zero-order valence-electron chi connectivity index (χ0n) is 20.4. The van der Waals surface area contributed by atoms with Gasteiger partial charge in [-0.1, -0.05) is 40.0 Å². The van der Waals surface area contributed by atoms with Gasteiger partial charge in [-0.15, -0.1) is 5.06 Å². The largest absolute Gasteiger partial charge is 0.487 e. The lowest BCUT2D eigenvalue weighted by Gasteiger charge is -2.23. The van der Waals surface area contributed by atoms with Crippen LogP contribution in [-0.2, 0) is 30.4 Å². The van der Waals surface area contributed by atoms with E-state index in [0.717, 1.165) is 32.1 Å². The van der Waals surface area contributed by atoms with Gasteiger partial charge in [0.2, 0.25) is 5.43 Å². The second-order valence-corrected chi connectivity index (χ2v) is 8.05. The molecule has 1 aromatic heterocycles. The molecular weight excluding hydrogens is 444 g/mol. The predicted molar refractivity (Wildman–Crippen MR) is 123 cm³/mol. The van der Waals surface area contributed by atoms with Crippen molar-refractivity contribution in [3.05, 3.63) is 28.2 Å². The van der Waals surface area contributed by atoms with Crippen molar-refractivity contribution >= 4 is 17.8 Å². The maximum absolute atomic E-state index is 13.1. The van der Waals surface area contributed by atoms with Gasteiger partial charge in [0.05, 0.1) is 13.2 Å². The molecule has 0 N–H and O–H groups in total. The Labute approximate surface area is 200 Å². The first-order valence-corrected chi connectivity index (χ1v) is 12.1. The Kier molecular flexibility index (Phi) is 11.8. The van der Waals surface area contributed by atoms with Crippen molar-refractivity contribution in [2.24, 2.45) is 0 Å². The number of hydrogen-bond acceptors (Lipinski definition) is 8. The minimum absolute atomic E-state index is 0.0355. The smallest absolute Gasteiger partial charge is 0.384 e. The number of rotatable bonds is 16. The number of amides is 2. The van der Waals surface area contributed by atoms with Crippen LogP contribution in [-0.4, -0.2) is 53.5 Å². The molecule has 1 saturated heterocycles. The number of carbonyl (C=O) groups is 3. The normalized spacial score (nSPS) is 13.7. The van der Waals surface area contributed by atoms with Crippen molar-refractivity contribution in [2.75, 3.05) is 19.8 Å². The Balaban J connectivity index is 2.36. The minimum atomic E-state index is -1.03. The van der Waals surface area contributed by atoms with Crippen molar-refractivity contribution in [2.45, 2.75) is 85.0 Å². The fourth-order valence-corrected chi connectivity index (χ4v) is 3.19. The Morgan fingerprint density at radius 1 is 0.912 bits per heavy atom. The van der Waals surface area contributed by atoms with Gasteiger partial charge in [0.15, 0.2) is 17.7 Å². The van der Waals surface area contributed by atoms with Crippen molar-refractivity contribution in [3.63, 3.8) is 0 Å². The summed E-state index contributed by atoms with van der Waals surface area (Å²) >= 11 is 0. The number of hydroxylamine groups is 2. The Bertz CT molecular complexity index is 856. The Morgan fingerprint density at radius 3 is 2.03 bits per heavy atom. The van der Waals surface area contributed by atoms with E-state index in [-0.39, 0.29) is 37.4 Å². The highest BCUT2D eigenvalue weighted by Crippen LogP contribution is 2.20. The molecule has 0 unspecified atom stereocenters. The third-order valence-electron chi connectivity index (χ3n) is 5.20. The van der Waals surface area contributed by atoms with Gasteiger partial charge in [-0.25, -0.2) is 4.79 Å². The van der Waals surface area contributed by atoms with Crippen molar-refractivity contribution < 1.29 is 33.4 Å². The number of carbonyl (C=O) groups excluding carboxylic acids is 3. The molecule has 0 aromatic carbocycles. The minimum Gasteiger partial charge on any atom is -0.487 e. The van der Waals surface area contributed by atoms with Crippen LogP contribution < -0.4 is 10.2 Å². The van der Waals surface area contributed by atoms with Crippen molar-refractivity contribution in [3.8, 4) is 5.75 Å². The standard InChI is InChI=1S/C24H36N2O8/c1-4-7-14-31-21(32-15-8-5-2)17-25-13-12-18(27)23(33-16-9-6-3)22(25)24(30)34-26-19(28)10-11-20(26)29/h12-13,21H,4-11,14-17H2,1-3H3. The summed E-state index contributed by atoms with van der Waals surface area (Å²) in [5, 5.41) is 0.451. The van der Waals surface area contributed by atoms with Crippen molar-refractivity contribution in [1.29, 1.82) is 0 Å². The quantitative estimate of drug-likeness (QED) is 0.201. The van der Waals surface area contributed by atoms with Gasteiger partial charge in [-0.2, -0.15) is 0 Å². The van der Waals surface area contributed by atoms with E-state index in [1.165, 1.54) is 16.8 Å². The molecule has 0 radical (unpaired) electrons. The van der Waals surface area contributed by atoms with Crippen LogP contribution in [0, 0.1) is 0 Å². The summed E-state index contributed by atoms with van der Waals surface area (Å²) in [4.78, 5) is 54.8. The summed E-state index contributed by atoms with van der Waals surface area (Å²) in [5.41, 5.74) is -0.701. The lowest BCUT2D eigenvalue weighted by Crippen LogP contribution is -2.35. The Hall–Kier alpha value is -2.72. The SMILES string of the molecule is CCCCOc1c(C(=O)ON2C(=O)CCC2=O)n(CC(OCCCC)OCCCC)ccc1=O. The lowest BCUT2D eigenvalue weighted by atomic mass is 10.2. The molecule has 0 aliphatic carbocycles. The van der Waals surface area contributed by atoms with Gasteiger partial charge >= 0.3 is 5.97 Å². The van der Waals surface area contributed by atoms with Crippen LogP contribution >= 0.6 is 0 Å². The summed E-state index contributed by atoms with van der Waals surface area (Å²) in [7, 11) is 0. The molecule has 2 heterocycles. The van der Waals surface area contributed by atoms with E-state index in [9.17, 15) is 19.2 Å². The number of hydrogen-bond donors (Lipinski definition) is 0. The van der Waals surface area contributed by atoms with Gasteiger partial charge in [0.25, 0.3) is 11.8 Å². The molecule has 1 fully saturated rings. The molecule has 190 valence electrons. The molecule has 2 amide bonds. The Morgan fingerprint density at radius 2 is 1.47 bits per heavy atom. The molecule has 10 nitrogen and oxygen atoms in total. The molecule has 2 rings (SSSR count). The summed E-state index contributed by atoms with van der Waals surface area (Å²) < 4.78 is 18.9. The molecular formula is C24H36N2O8. The highest BCUT2D eigenvalue weighted by Gasteiger charge is 2.35. The highest BCUT2D eigenvalue weighted by atomic mass is 16.7. The summed E-state index contributed by atoms with van der Waals surface area (Å²) in [6.45, 7) is 7.33. The maximum Gasteiger partial charge on any atom is 0.384 e. The topological polar surface area (TPSA) is 113 Å². The first kappa shape index (κ1) is 27.5. The number of imide groups is 1. The molecule has 34 heavy (non-hydrogen) atoms. The van der Waals surface area contributed by atoms with Gasteiger partial charge in [-0.05, 0) is 19.3 Å². The van der Waals surface area contributed by atoms with Gasteiger partial charge in [0.1, 0.15) is 0 Å². The summed E-state index contributed by atoms with van der Waals surface area (Å²) in [5.74, 6) is -2.45. The number of ether oxygens (including phenoxy) is 3. The number of unbranched alkanes of at least 4 members (excludes halogenated alkanes) is 3. The fourth-order valence-electron chi connectivity index (χ4n) is 3.19. The average Bonchev–Trinajstić information content (AvgIpc) is 3.13. The van der Waals surface area contributed by atoms with Crippen LogP contribution in [0.3, 0.4) is 0 Å².